The summed E-state index contributed by atoms with van der Waals surface area (Å²) in [5.74, 6) is 0.263. The number of rotatable bonds is 6. The van der Waals surface area contributed by atoms with E-state index < -0.39 is 11.7 Å². The molecular weight excluding hydrogens is 437 g/mol. The number of nitrogens with zero attached hydrogens (tertiary/aromatic N) is 1. The normalized spacial score (nSPS) is 13.3. The van der Waals surface area contributed by atoms with Gasteiger partial charge in [-0.3, -0.25) is 4.79 Å². The van der Waals surface area contributed by atoms with Gasteiger partial charge in [0.15, 0.2) is 0 Å². The number of thioether (sulfide) groups is 1. The second-order valence-electron chi connectivity index (χ2n) is 7.36. The van der Waals surface area contributed by atoms with Crippen molar-refractivity contribution in [1.82, 2.24) is 4.98 Å². The summed E-state index contributed by atoms with van der Waals surface area (Å²) in [4.78, 5) is 16.5. The molecule has 0 atom stereocenters. The van der Waals surface area contributed by atoms with Gasteiger partial charge in [0.05, 0.1) is 11.3 Å². The number of carbonyl (C=O) groups is 1. The monoisotopic (exact) mass is 458 g/mol. The van der Waals surface area contributed by atoms with Crippen molar-refractivity contribution in [3.63, 3.8) is 0 Å². The van der Waals surface area contributed by atoms with Crippen molar-refractivity contribution in [3.8, 4) is 0 Å². The molecule has 166 valence electrons. The van der Waals surface area contributed by atoms with Crippen molar-refractivity contribution in [2.45, 2.75) is 30.5 Å². The number of aryl methyl sites for hydroxylation is 1. The van der Waals surface area contributed by atoms with Gasteiger partial charge in [-0.05, 0) is 54.1 Å². The second kappa shape index (κ2) is 9.12. The van der Waals surface area contributed by atoms with Crippen molar-refractivity contribution in [2.75, 3.05) is 22.2 Å². The van der Waals surface area contributed by atoms with Gasteiger partial charge in [0.25, 0.3) is 0 Å². The van der Waals surface area contributed by atoms with Gasteiger partial charge in [-0.2, -0.15) is 13.2 Å². The van der Waals surface area contributed by atoms with E-state index in [1.165, 1.54) is 6.07 Å². The number of alkyl halides is 3. The summed E-state index contributed by atoms with van der Waals surface area (Å²) >= 11 is 1.57. The fourth-order valence-corrected chi connectivity index (χ4v) is 3.97. The fraction of sp³-hybridized carbons (Fsp3) is 0.217. The van der Waals surface area contributed by atoms with E-state index in [4.69, 9.17) is 0 Å². The van der Waals surface area contributed by atoms with Gasteiger partial charge in [-0.25, -0.2) is 4.98 Å². The van der Waals surface area contributed by atoms with Crippen molar-refractivity contribution >= 4 is 40.5 Å². The Morgan fingerprint density at radius 1 is 1.12 bits per heavy atom. The van der Waals surface area contributed by atoms with Crippen molar-refractivity contribution in [2.24, 2.45) is 0 Å². The molecule has 32 heavy (non-hydrogen) atoms. The first kappa shape index (κ1) is 22.0. The van der Waals surface area contributed by atoms with Crippen LogP contribution < -0.4 is 16.0 Å². The van der Waals surface area contributed by atoms with Gasteiger partial charge in [0.2, 0.25) is 5.91 Å². The quantitative estimate of drug-likeness (QED) is 0.392. The predicted molar refractivity (Wildman–Crippen MR) is 121 cm³/mol. The maximum absolute atomic E-state index is 13.5. The molecule has 0 saturated heterocycles. The van der Waals surface area contributed by atoms with Crippen LogP contribution in [0.2, 0.25) is 0 Å². The maximum atomic E-state index is 13.5. The third-order valence-corrected chi connectivity index (χ3v) is 5.82. The lowest BCUT2D eigenvalue weighted by Crippen LogP contribution is -2.18. The summed E-state index contributed by atoms with van der Waals surface area (Å²) in [7, 11) is 0. The molecule has 3 aromatic rings. The topological polar surface area (TPSA) is 66.0 Å². The van der Waals surface area contributed by atoms with Crippen LogP contribution in [0.25, 0.3) is 0 Å². The molecule has 1 amide bonds. The summed E-state index contributed by atoms with van der Waals surface area (Å²) in [5, 5.41) is 8.78. The maximum Gasteiger partial charge on any atom is 0.419 e. The first-order valence-electron chi connectivity index (χ1n) is 9.95. The van der Waals surface area contributed by atoms with E-state index in [2.05, 4.69) is 20.9 Å². The molecule has 0 fully saturated rings. The summed E-state index contributed by atoms with van der Waals surface area (Å²) in [5.41, 5.74) is 2.42. The number of halogens is 3. The van der Waals surface area contributed by atoms with Crippen LogP contribution in [0.5, 0.6) is 0 Å². The third-order valence-electron chi connectivity index (χ3n) is 5.10. The molecule has 0 spiro atoms. The van der Waals surface area contributed by atoms with Gasteiger partial charge in [0, 0.05) is 41.5 Å². The molecule has 0 radical (unpaired) electrons. The molecule has 1 aliphatic heterocycles. The highest BCUT2D eigenvalue weighted by molar-refractivity contribution is 7.98. The SMILES string of the molecule is CSc1cccc(CNc2cc(Nc3ccc4c(c3)CCC(=O)N4)ncc2C(F)(F)F)c1. The number of benzene rings is 2. The average molecular weight is 459 g/mol. The summed E-state index contributed by atoms with van der Waals surface area (Å²) in [6, 6.07) is 14.4. The van der Waals surface area contributed by atoms with Gasteiger partial charge in [-0.1, -0.05) is 12.1 Å². The molecule has 2 aromatic carbocycles. The summed E-state index contributed by atoms with van der Waals surface area (Å²) in [6.45, 7) is 0.249. The van der Waals surface area contributed by atoms with Crippen LogP contribution >= 0.6 is 11.8 Å². The Labute approximate surface area is 187 Å². The first-order chi connectivity index (χ1) is 15.3. The van der Waals surface area contributed by atoms with Crippen LogP contribution in [-0.2, 0) is 23.9 Å². The van der Waals surface area contributed by atoms with Gasteiger partial charge >= 0.3 is 6.18 Å². The molecule has 1 aromatic heterocycles. The highest BCUT2D eigenvalue weighted by Crippen LogP contribution is 2.36. The zero-order valence-corrected chi connectivity index (χ0v) is 18.0. The van der Waals surface area contributed by atoms with Crippen LogP contribution in [0.4, 0.5) is 36.1 Å². The van der Waals surface area contributed by atoms with Crippen LogP contribution in [0.3, 0.4) is 0 Å². The van der Waals surface area contributed by atoms with E-state index in [1.54, 1.807) is 23.9 Å². The van der Waals surface area contributed by atoms with Crippen molar-refractivity contribution in [3.05, 3.63) is 71.4 Å². The lowest BCUT2D eigenvalue weighted by Gasteiger charge is -2.19. The van der Waals surface area contributed by atoms with Gasteiger partial charge in [0.1, 0.15) is 5.82 Å². The Hall–Kier alpha value is -3.20. The predicted octanol–water partition coefficient (Wildman–Crippen LogP) is 6.06. The minimum atomic E-state index is -4.53. The first-order valence-corrected chi connectivity index (χ1v) is 11.2. The lowest BCUT2D eigenvalue weighted by molar-refractivity contribution is -0.137. The number of nitrogens with one attached hydrogen (secondary N) is 3. The Morgan fingerprint density at radius 2 is 1.97 bits per heavy atom. The zero-order chi connectivity index (χ0) is 22.7. The van der Waals surface area contributed by atoms with E-state index in [1.807, 2.05) is 36.6 Å². The third kappa shape index (κ3) is 5.16. The molecule has 0 bridgehead atoms. The second-order valence-corrected chi connectivity index (χ2v) is 8.24. The fourth-order valence-electron chi connectivity index (χ4n) is 3.48. The van der Waals surface area contributed by atoms with Crippen LogP contribution in [0, 0.1) is 0 Å². The standard InChI is InChI=1S/C23H21F3N4OS/c1-32-17-4-2-3-14(9-17)12-27-20-11-21(28-13-18(20)23(24,25)26)29-16-6-7-19-15(10-16)5-8-22(31)30-19/h2-4,6-7,9-11,13H,5,8,12H2,1H3,(H,30,31)(H2,27,28,29). The van der Waals surface area contributed by atoms with E-state index in [-0.39, 0.29) is 24.0 Å². The van der Waals surface area contributed by atoms with E-state index in [0.717, 1.165) is 27.9 Å². The molecule has 0 saturated carbocycles. The highest BCUT2D eigenvalue weighted by atomic mass is 32.2. The molecule has 3 N–H and O–H groups in total. The smallest absolute Gasteiger partial charge is 0.380 e. The highest BCUT2D eigenvalue weighted by Gasteiger charge is 2.34. The van der Waals surface area contributed by atoms with Crippen molar-refractivity contribution < 1.29 is 18.0 Å². The molecular formula is C23H21F3N4OS. The number of fused-ring (bicyclic) bond motifs is 1. The number of anilines is 4. The number of pyridine rings is 1. The molecule has 0 unspecified atom stereocenters. The van der Waals surface area contributed by atoms with Crippen molar-refractivity contribution in [1.29, 1.82) is 0 Å². The molecule has 1 aliphatic rings. The Balaban J connectivity index is 1.56. The Kier molecular flexibility index (Phi) is 6.27. The van der Waals surface area contributed by atoms with Crippen LogP contribution in [-0.4, -0.2) is 17.1 Å². The lowest BCUT2D eigenvalue weighted by atomic mass is 10.0. The molecule has 0 aliphatic carbocycles. The van der Waals surface area contributed by atoms with E-state index >= 15 is 0 Å². The number of hydrogen-bond acceptors (Lipinski definition) is 5. The number of hydrogen-bond donors (Lipinski definition) is 3. The van der Waals surface area contributed by atoms with Gasteiger partial charge in [-0.15, -0.1) is 11.8 Å². The minimum Gasteiger partial charge on any atom is -0.380 e. The summed E-state index contributed by atoms with van der Waals surface area (Å²) in [6.07, 6.45) is -0.732. The van der Waals surface area contributed by atoms with E-state index in [9.17, 15) is 18.0 Å². The Bertz CT molecular complexity index is 1150. The van der Waals surface area contributed by atoms with Gasteiger partial charge < -0.3 is 16.0 Å². The zero-order valence-electron chi connectivity index (χ0n) is 17.2. The minimum absolute atomic E-state index is 0.0265. The van der Waals surface area contributed by atoms with Crippen LogP contribution in [0.15, 0.2) is 59.6 Å². The number of amides is 1. The molecule has 5 nitrogen and oxygen atoms in total. The average Bonchev–Trinajstić information content (AvgIpc) is 2.77. The Morgan fingerprint density at radius 3 is 2.75 bits per heavy atom. The van der Waals surface area contributed by atoms with E-state index in [0.29, 0.717) is 18.5 Å². The number of carbonyl (C=O) groups excluding carboxylic acids is 1. The molecule has 2 heterocycles. The summed E-state index contributed by atoms with van der Waals surface area (Å²) < 4.78 is 40.6. The molecule has 4 rings (SSSR count). The largest absolute Gasteiger partial charge is 0.419 e. The van der Waals surface area contributed by atoms with Crippen LogP contribution in [0.1, 0.15) is 23.1 Å². The molecule has 9 heteroatoms. The number of aromatic nitrogens is 1.